The molecular weight excluding hydrogens is 290 g/mol. The Hall–Kier alpha value is -2.60. The van der Waals surface area contributed by atoms with Crippen molar-refractivity contribution in [2.75, 3.05) is 10.6 Å². The number of amides is 2. The van der Waals surface area contributed by atoms with Crippen molar-refractivity contribution < 1.29 is 4.79 Å². The maximum Gasteiger partial charge on any atom is 0.323 e. The van der Waals surface area contributed by atoms with Gasteiger partial charge in [0.05, 0.1) is 5.52 Å². The standard InChI is InChI=1S/C14H12ClN5O/c1-20-13-7-6-11(8-12(13)18-19-20)17-14(21)16-10-4-2-9(15)3-5-10/h2-8H,1H3,(H2,16,17,21). The number of benzene rings is 2. The van der Waals surface area contributed by atoms with Crippen molar-refractivity contribution in [3.8, 4) is 0 Å². The number of aromatic nitrogens is 3. The summed E-state index contributed by atoms with van der Waals surface area (Å²) in [5, 5.41) is 14.0. The van der Waals surface area contributed by atoms with Crippen molar-refractivity contribution in [1.29, 1.82) is 0 Å². The number of nitrogens with zero attached hydrogens (tertiary/aromatic N) is 3. The van der Waals surface area contributed by atoms with Crippen LogP contribution in [-0.4, -0.2) is 21.0 Å². The van der Waals surface area contributed by atoms with Gasteiger partial charge in [-0.2, -0.15) is 0 Å². The quantitative estimate of drug-likeness (QED) is 0.763. The van der Waals surface area contributed by atoms with Crippen LogP contribution in [0, 0.1) is 0 Å². The first-order valence-corrected chi connectivity index (χ1v) is 6.62. The molecule has 0 aliphatic heterocycles. The monoisotopic (exact) mass is 301 g/mol. The molecule has 2 aromatic carbocycles. The highest BCUT2D eigenvalue weighted by Gasteiger charge is 2.06. The molecule has 6 nitrogen and oxygen atoms in total. The predicted molar refractivity (Wildman–Crippen MR) is 82.6 cm³/mol. The van der Waals surface area contributed by atoms with Crippen LogP contribution in [0.1, 0.15) is 0 Å². The van der Waals surface area contributed by atoms with Crippen LogP contribution in [-0.2, 0) is 7.05 Å². The molecule has 0 spiro atoms. The van der Waals surface area contributed by atoms with Crippen molar-refractivity contribution in [3.05, 3.63) is 47.5 Å². The van der Waals surface area contributed by atoms with E-state index in [4.69, 9.17) is 11.6 Å². The van der Waals surface area contributed by atoms with E-state index in [0.29, 0.717) is 16.4 Å². The molecule has 0 aliphatic carbocycles. The van der Waals surface area contributed by atoms with Gasteiger partial charge in [0, 0.05) is 23.4 Å². The van der Waals surface area contributed by atoms with E-state index >= 15 is 0 Å². The van der Waals surface area contributed by atoms with Crippen LogP contribution < -0.4 is 10.6 Å². The zero-order valence-corrected chi connectivity index (χ0v) is 11.9. The number of anilines is 2. The van der Waals surface area contributed by atoms with Gasteiger partial charge in [0.25, 0.3) is 0 Å². The third-order valence-corrected chi connectivity index (χ3v) is 3.22. The molecule has 2 amide bonds. The number of hydrogen-bond donors (Lipinski definition) is 2. The Morgan fingerprint density at radius 2 is 1.76 bits per heavy atom. The smallest absolute Gasteiger partial charge is 0.308 e. The average molecular weight is 302 g/mol. The Bertz CT molecular complexity index is 797. The van der Waals surface area contributed by atoms with Gasteiger partial charge in [-0.25, -0.2) is 9.48 Å². The average Bonchev–Trinajstić information content (AvgIpc) is 2.82. The van der Waals surface area contributed by atoms with Gasteiger partial charge in [0.1, 0.15) is 5.52 Å². The van der Waals surface area contributed by atoms with Gasteiger partial charge in [-0.15, -0.1) is 5.10 Å². The van der Waals surface area contributed by atoms with Crippen molar-refractivity contribution in [2.24, 2.45) is 7.05 Å². The molecule has 106 valence electrons. The van der Waals surface area contributed by atoms with Crippen LogP contribution in [0.15, 0.2) is 42.5 Å². The lowest BCUT2D eigenvalue weighted by Crippen LogP contribution is -2.19. The summed E-state index contributed by atoms with van der Waals surface area (Å²) in [5.41, 5.74) is 2.94. The van der Waals surface area contributed by atoms with Gasteiger partial charge in [-0.05, 0) is 42.5 Å². The van der Waals surface area contributed by atoms with Gasteiger partial charge in [0.2, 0.25) is 0 Å². The molecule has 0 saturated carbocycles. The number of aryl methyl sites for hydroxylation is 1. The number of hydrogen-bond acceptors (Lipinski definition) is 3. The van der Waals surface area contributed by atoms with Crippen LogP contribution in [0.25, 0.3) is 11.0 Å². The van der Waals surface area contributed by atoms with E-state index in [1.54, 1.807) is 41.1 Å². The number of fused-ring (bicyclic) bond motifs is 1. The fourth-order valence-corrected chi connectivity index (χ4v) is 2.07. The summed E-state index contributed by atoms with van der Waals surface area (Å²) < 4.78 is 1.67. The van der Waals surface area contributed by atoms with Gasteiger partial charge >= 0.3 is 6.03 Å². The topological polar surface area (TPSA) is 71.8 Å². The van der Waals surface area contributed by atoms with E-state index in [1.807, 2.05) is 13.1 Å². The van der Waals surface area contributed by atoms with Gasteiger partial charge in [0.15, 0.2) is 0 Å². The maximum atomic E-state index is 11.9. The van der Waals surface area contributed by atoms with Crippen LogP contribution in [0.2, 0.25) is 5.02 Å². The maximum absolute atomic E-state index is 11.9. The first-order valence-electron chi connectivity index (χ1n) is 6.25. The van der Waals surface area contributed by atoms with Crippen LogP contribution >= 0.6 is 11.6 Å². The third-order valence-electron chi connectivity index (χ3n) is 2.97. The highest BCUT2D eigenvalue weighted by Crippen LogP contribution is 2.17. The summed E-state index contributed by atoms with van der Waals surface area (Å²) in [6.45, 7) is 0. The Morgan fingerprint density at radius 3 is 2.52 bits per heavy atom. The van der Waals surface area contributed by atoms with Crippen LogP contribution in [0.3, 0.4) is 0 Å². The first-order chi connectivity index (χ1) is 10.1. The predicted octanol–water partition coefficient (Wildman–Crippen LogP) is 3.27. The molecule has 1 heterocycles. The summed E-state index contributed by atoms with van der Waals surface area (Å²) in [6.07, 6.45) is 0. The molecule has 7 heteroatoms. The van der Waals surface area contributed by atoms with E-state index in [2.05, 4.69) is 20.9 Å². The van der Waals surface area contributed by atoms with Crippen molar-refractivity contribution in [1.82, 2.24) is 15.0 Å². The zero-order chi connectivity index (χ0) is 14.8. The molecule has 0 atom stereocenters. The molecule has 0 bridgehead atoms. The summed E-state index contributed by atoms with van der Waals surface area (Å²) in [6, 6.07) is 12.0. The molecule has 3 rings (SSSR count). The summed E-state index contributed by atoms with van der Waals surface area (Å²) in [7, 11) is 1.82. The molecule has 2 N–H and O–H groups in total. The number of nitrogens with one attached hydrogen (secondary N) is 2. The first kappa shape index (κ1) is 13.4. The summed E-state index contributed by atoms with van der Waals surface area (Å²) in [5.74, 6) is 0. The van der Waals surface area contributed by atoms with Gasteiger partial charge in [-0.1, -0.05) is 16.8 Å². The summed E-state index contributed by atoms with van der Waals surface area (Å²) >= 11 is 5.79. The molecule has 0 fully saturated rings. The fourth-order valence-electron chi connectivity index (χ4n) is 1.95. The van der Waals surface area contributed by atoms with Gasteiger partial charge in [-0.3, -0.25) is 0 Å². The lowest BCUT2D eigenvalue weighted by molar-refractivity contribution is 0.262. The van der Waals surface area contributed by atoms with E-state index in [9.17, 15) is 4.79 Å². The van der Waals surface area contributed by atoms with Gasteiger partial charge < -0.3 is 10.6 Å². The van der Waals surface area contributed by atoms with E-state index < -0.39 is 0 Å². The molecule has 0 unspecified atom stereocenters. The Labute approximate surface area is 125 Å². The number of halogens is 1. The third kappa shape index (κ3) is 2.95. The van der Waals surface area contributed by atoms with E-state index in [-0.39, 0.29) is 6.03 Å². The normalized spacial score (nSPS) is 10.6. The lowest BCUT2D eigenvalue weighted by atomic mass is 10.2. The SMILES string of the molecule is Cn1nnc2cc(NC(=O)Nc3ccc(Cl)cc3)ccc21. The molecule has 0 aliphatic rings. The molecule has 3 aromatic rings. The second kappa shape index (κ2) is 5.41. The number of urea groups is 1. The molecule has 21 heavy (non-hydrogen) atoms. The highest BCUT2D eigenvalue weighted by molar-refractivity contribution is 6.30. The van der Waals surface area contributed by atoms with E-state index in [0.717, 1.165) is 11.0 Å². The minimum atomic E-state index is -0.333. The minimum absolute atomic E-state index is 0.333. The lowest BCUT2D eigenvalue weighted by Gasteiger charge is -2.07. The van der Waals surface area contributed by atoms with Crippen LogP contribution in [0.5, 0.6) is 0 Å². The second-order valence-electron chi connectivity index (χ2n) is 4.50. The molecule has 0 saturated heterocycles. The van der Waals surface area contributed by atoms with Crippen molar-refractivity contribution in [3.63, 3.8) is 0 Å². The highest BCUT2D eigenvalue weighted by atomic mass is 35.5. The zero-order valence-electron chi connectivity index (χ0n) is 11.2. The molecular formula is C14H12ClN5O. The molecule has 1 aromatic heterocycles. The number of rotatable bonds is 2. The second-order valence-corrected chi connectivity index (χ2v) is 4.94. The summed E-state index contributed by atoms with van der Waals surface area (Å²) in [4.78, 5) is 11.9. The Morgan fingerprint density at radius 1 is 1.10 bits per heavy atom. The minimum Gasteiger partial charge on any atom is -0.308 e. The molecule has 0 radical (unpaired) electrons. The van der Waals surface area contributed by atoms with E-state index in [1.165, 1.54) is 0 Å². The largest absolute Gasteiger partial charge is 0.323 e. The van der Waals surface area contributed by atoms with Crippen LogP contribution in [0.4, 0.5) is 16.2 Å². The van der Waals surface area contributed by atoms with Crippen molar-refractivity contribution in [2.45, 2.75) is 0 Å². The Balaban J connectivity index is 1.72. The Kier molecular flexibility index (Phi) is 3.45. The number of carbonyl (C=O) groups excluding carboxylic acids is 1. The number of carbonyl (C=O) groups is 1. The van der Waals surface area contributed by atoms with Crippen molar-refractivity contribution >= 4 is 40.0 Å². The fraction of sp³-hybridized carbons (Fsp3) is 0.0714.